The average Bonchev–Trinajstić information content (AvgIpc) is 2.89. The van der Waals surface area contributed by atoms with Gasteiger partial charge in [-0.25, -0.2) is 4.68 Å². The second-order valence-corrected chi connectivity index (χ2v) is 5.68. The van der Waals surface area contributed by atoms with Gasteiger partial charge in [0.05, 0.1) is 11.9 Å². The molecule has 0 aliphatic heterocycles. The van der Waals surface area contributed by atoms with Crippen molar-refractivity contribution >= 4 is 18.3 Å². The van der Waals surface area contributed by atoms with Gasteiger partial charge in [-0.15, -0.1) is 12.4 Å². The number of halogens is 1. The number of para-hydroxylation sites is 1. The van der Waals surface area contributed by atoms with Crippen LogP contribution < -0.4 is 11.1 Å². The molecule has 1 heterocycles. The van der Waals surface area contributed by atoms with Crippen LogP contribution in [0.1, 0.15) is 30.8 Å². The van der Waals surface area contributed by atoms with E-state index in [-0.39, 0.29) is 29.9 Å². The summed E-state index contributed by atoms with van der Waals surface area (Å²) in [5.41, 5.74) is 6.46. The Hall–Kier alpha value is -2.05. The Labute approximate surface area is 142 Å². The molecule has 1 atom stereocenters. The van der Waals surface area contributed by atoms with E-state index in [1.54, 1.807) is 0 Å². The first-order valence-electron chi connectivity index (χ1n) is 7.36. The zero-order chi connectivity index (χ0) is 16.1. The normalized spacial score (nSPS) is 11.8. The molecule has 1 unspecified atom stereocenters. The lowest BCUT2D eigenvalue weighted by Crippen LogP contribution is -2.41. The Morgan fingerprint density at radius 1 is 1.35 bits per heavy atom. The SMILES string of the molecule is CC(C)CC(CN)NC(=O)c1nn(-c2ccccc2)cc1O.Cl. The molecule has 126 valence electrons. The van der Waals surface area contributed by atoms with Gasteiger partial charge in [0.25, 0.3) is 5.91 Å². The molecule has 0 aliphatic carbocycles. The van der Waals surface area contributed by atoms with Gasteiger partial charge in [-0.1, -0.05) is 32.0 Å². The molecule has 0 saturated heterocycles. The minimum Gasteiger partial charge on any atom is -0.504 e. The van der Waals surface area contributed by atoms with Crippen molar-refractivity contribution in [3.8, 4) is 11.4 Å². The standard InChI is InChI=1S/C16H22N4O2.ClH/c1-11(2)8-12(9-17)18-16(22)15-14(21)10-20(19-15)13-6-4-3-5-7-13;/h3-7,10-12,21H,8-9,17H2,1-2H3,(H,18,22);1H. The van der Waals surface area contributed by atoms with Crippen molar-refractivity contribution in [3.05, 3.63) is 42.2 Å². The van der Waals surface area contributed by atoms with Gasteiger partial charge in [-0.3, -0.25) is 4.79 Å². The summed E-state index contributed by atoms with van der Waals surface area (Å²) < 4.78 is 1.48. The smallest absolute Gasteiger partial charge is 0.275 e. The molecule has 0 aliphatic rings. The highest BCUT2D eigenvalue weighted by Crippen LogP contribution is 2.18. The highest BCUT2D eigenvalue weighted by Gasteiger charge is 2.20. The topological polar surface area (TPSA) is 93.2 Å². The summed E-state index contributed by atoms with van der Waals surface area (Å²) in [4.78, 5) is 12.3. The number of hydrogen-bond donors (Lipinski definition) is 3. The van der Waals surface area contributed by atoms with E-state index in [0.717, 1.165) is 12.1 Å². The number of carbonyl (C=O) groups excluding carboxylic acids is 1. The summed E-state index contributed by atoms with van der Waals surface area (Å²) in [5.74, 6) is -0.144. The number of rotatable bonds is 6. The van der Waals surface area contributed by atoms with E-state index in [4.69, 9.17) is 5.73 Å². The lowest BCUT2D eigenvalue weighted by molar-refractivity contribution is 0.0925. The minimum atomic E-state index is -0.414. The molecule has 6 nitrogen and oxygen atoms in total. The van der Waals surface area contributed by atoms with Gasteiger partial charge >= 0.3 is 0 Å². The quantitative estimate of drug-likeness (QED) is 0.752. The van der Waals surface area contributed by atoms with E-state index in [1.807, 2.05) is 30.3 Å². The van der Waals surface area contributed by atoms with Crippen molar-refractivity contribution in [1.29, 1.82) is 0 Å². The number of nitrogens with zero attached hydrogens (tertiary/aromatic N) is 2. The second-order valence-electron chi connectivity index (χ2n) is 5.68. The largest absolute Gasteiger partial charge is 0.504 e. The lowest BCUT2D eigenvalue weighted by Gasteiger charge is -2.18. The highest BCUT2D eigenvalue weighted by molar-refractivity contribution is 5.95. The molecule has 1 aromatic carbocycles. The number of benzene rings is 1. The van der Waals surface area contributed by atoms with Crippen LogP contribution in [-0.4, -0.2) is 33.4 Å². The summed E-state index contributed by atoms with van der Waals surface area (Å²) >= 11 is 0. The Morgan fingerprint density at radius 2 is 2.00 bits per heavy atom. The summed E-state index contributed by atoms with van der Waals surface area (Å²) in [5, 5.41) is 16.9. The molecule has 0 fully saturated rings. The Bertz CT molecular complexity index is 628. The van der Waals surface area contributed by atoms with E-state index in [2.05, 4.69) is 24.3 Å². The van der Waals surface area contributed by atoms with E-state index < -0.39 is 5.91 Å². The van der Waals surface area contributed by atoms with Crippen LogP contribution in [0.5, 0.6) is 5.75 Å². The Morgan fingerprint density at radius 3 is 2.57 bits per heavy atom. The average molecular weight is 339 g/mol. The van der Waals surface area contributed by atoms with E-state index in [0.29, 0.717) is 12.5 Å². The molecule has 4 N–H and O–H groups in total. The predicted octanol–water partition coefficient (Wildman–Crippen LogP) is 2.10. The van der Waals surface area contributed by atoms with E-state index in [9.17, 15) is 9.90 Å². The Balaban J connectivity index is 0.00000264. The molecule has 0 spiro atoms. The van der Waals surface area contributed by atoms with Crippen LogP contribution in [0.15, 0.2) is 36.5 Å². The fourth-order valence-corrected chi connectivity index (χ4v) is 2.28. The summed E-state index contributed by atoms with van der Waals surface area (Å²) in [6.45, 7) is 4.48. The third kappa shape index (κ3) is 4.97. The number of nitrogens with one attached hydrogen (secondary N) is 1. The van der Waals surface area contributed by atoms with E-state index >= 15 is 0 Å². The zero-order valence-corrected chi connectivity index (χ0v) is 14.1. The van der Waals surface area contributed by atoms with Crippen LogP contribution >= 0.6 is 12.4 Å². The predicted molar refractivity (Wildman–Crippen MR) is 92.2 cm³/mol. The van der Waals surface area contributed by atoms with Gasteiger partial charge in [0.15, 0.2) is 11.4 Å². The molecule has 2 aromatic rings. The highest BCUT2D eigenvalue weighted by atomic mass is 35.5. The minimum absolute atomic E-state index is 0. The van der Waals surface area contributed by atoms with Gasteiger partial charge in [0.1, 0.15) is 0 Å². The number of hydrogen-bond acceptors (Lipinski definition) is 4. The monoisotopic (exact) mass is 338 g/mol. The summed E-state index contributed by atoms with van der Waals surface area (Å²) in [7, 11) is 0. The molecule has 0 radical (unpaired) electrons. The Kier molecular flexibility index (Phi) is 7.06. The number of aromatic hydroxyl groups is 1. The third-order valence-corrected chi connectivity index (χ3v) is 3.31. The van der Waals surface area contributed by atoms with Gasteiger partial charge in [0, 0.05) is 12.6 Å². The molecule has 23 heavy (non-hydrogen) atoms. The molecule has 0 saturated carbocycles. The van der Waals surface area contributed by atoms with Crippen molar-refractivity contribution in [2.45, 2.75) is 26.3 Å². The first-order chi connectivity index (χ1) is 10.5. The molecule has 2 rings (SSSR count). The molecule has 7 heteroatoms. The van der Waals surface area contributed by atoms with Gasteiger partial charge in [-0.2, -0.15) is 5.10 Å². The van der Waals surface area contributed by atoms with Crippen LogP contribution in [0.25, 0.3) is 5.69 Å². The van der Waals surface area contributed by atoms with Crippen molar-refractivity contribution < 1.29 is 9.90 Å². The van der Waals surface area contributed by atoms with Crippen molar-refractivity contribution in [2.24, 2.45) is 11.7 Å². The number of amides is 1. The number of aromatic nitrogens is 2. The zero-order valence-electron chi connectivity index (χ0n) is 13.3. The summed E-state index contributed by atoms with van der Waals surface area (Å²) in [6, 6.07) is 9.17. The fourth-order valence-electron chi connectivity index (χ4n) is 2.28. The molecule has 1 amide bonds. The van der Waals surface area contributed by atoms with Gasteiger partial charge < -0.3 is 16.2 Å². The van der Waals surface area contributed by atoms with Crippen molar-refractivity contribution in [1.82, 2.24) is 15.1 Å². The second kappa shape index (κ2) is 8.55. The van der Waals surface area contributed by atoms with Crippen molar-refractivity contribution in [3.63, 3.8) is 0 Å². The van der Waals surface area contributed by atoms with Gasteiger partial charge in [0.2, 0.25) is 0 Å². The summed E-state index contributed by atoms with van der Waals surface area (Å²) in [6.07, 6.45) is 2.20. The lowest BCUT2D eigenvalue weighted by atomic mass is 10.0. The van der Waals surface area contributed by atoms with Crippen LogP contribution in [0.3, 0.4) is 0 Å². The maximum absolute atomic E-state index is 12.3. The fraction of sp³-hybridized carbons (Fsp3) is 0.375. The van der Waals surface area contributed by atoms with Gasteiger partial charge in [-0.05, 0) is 24.5 Å². The molecular weight excluding hydrogens is 316 g/mol. The first-order valence-corrected chi connectivity index (χ1v) is 7.36. The van der Waals surface area contributed by atoms with Crippen molar-refractivity contribution in [2.75, 3.05) is 6.54 Å². The molecule has 0 bridgehead atoms. The van der Waals surface area contributed by atoms with Crippen LogP contribution in [-0.2, 0) is 0 Å². The van der Waals surface area contributed by atoms with E-state index in [1.165, 1.54) is 10.9 Å². The number of nitrogens with two attached hydrogens (primary N) is 1. The maximum Gasteiger partial charge on any atom is 0.275 e. The third-order valence-electron chi connectivity index (χ3n) is 3.31. The first kappa shape index (κ1) is 19.0. The maximum atomic E-state index is 12.3. The van der Waals surface area contributed by atoms with Crippen LogP contribution in [0.4, 0.5) is 0 Å². The number of carbonyl (C=O) groups is 1. The molecular formula is C16H23ClN4O2. The molecule has 1 aromatic heterocycles. The van der Waals surface area contributed by atoms with Crippen LogP contribution in [0, 0.1) is 5.92 Å². The van der Waals surface area contributed by atoms with Crippen LogP contribution in [0.2, 0.25) is 0 Å².